The minimum Gasteiger partial charge on any atom is -0.482 e. The molecule has 3 aliphatic rings. The SMILES string of the molecule is C[C@@H](Oc1cc(-c2cnn(C3CCN(C(=O)CCCCCCC(=O)Nc4cccc5c4CN(C4CCC(=O)NC4=O)C5=O)CC3)c2)cnc1N)c1c(Cl)ccc(F)c1Cl. The van der Waals surface area contributed by atoms with Crippen molar-refractivity contribution in [3.05, 3.63) is 87.5 Å². The number of carbonyl (C=O) groups is 5. The maximum Gasteiger partial charge on any atom is 0.255 e. The van der Waals surface area contributed by atoms with Gasteiger partial charge in [-0.2, -0.15) is 5.10 Å². The summed E-state index contributed by atoms with van der Waals surface area (Å²) in [6.07, 6.45) is 10.3. The first-order valence-corrected chi connectivity index (χ1v) is 20.6. The van der Waals surface area contributed by atoms with Gasteiger partial charge in [0.2, 0.25) is 23.6 Å². The molecule has 2 atom stereocenters. The largest absolute Gasteiger partial charge is 0.482 e. The number of ether oxygens (including phenoxy) is 1. The fourth-order valence-electron chi connectivity index (χ4n) is 7.93. The van der Waals surface area contributed by atoms with Gasteiger partial charge in [0.1, 0.15) is 18.0 Å². The topological polar surface area (TPSA) is 182 Å². The third-order valence-corrected chi connectivity index (χ3v) is 11.9. The highest BCUT2D eigenvalue weighted by molar-refractivity contribution is 6.36. The van der Waals surface area contributed by atoms with E-state index in [9.17, 15) is 28.4 Å². The van der Waals surface area contributed by atoms with E-state index in [1.807, 2.05) is 15.8 Å². The molecule has 310 valence electrons. The van der Waals surface area contributed by atoms with E-state index in [-0.39, 0.29) is 64.9 Å². The number of nitrogen functional groups attached to an aromatic ring is 1. The predicted molar refractivity (Wildman–Crippen MR) is 219 cm³/mol. The highest BCUT2D eigenvalue weighted by Gasteiger charge is 2.40. The van der Waals surface area contributed by atoms with Crippen molar-refractivity contribution in [2.75, 3.05) is 24.1 Å². The quantitative estimate of drug-likeness (QED) is 0.0683. The van der Waals surface area contributed by atoms with Gasteiger partial charge < -0.3 is 25.6 Å². The van der Waals surface area contributed by atoms with Crippen LogP contribution in [0.15, 0.2) is 55.0 Å². The first kappa shape index (κ1) is 41.6. The Balaban J connectivity index is 0.816. The van der Waals surface area contributed by atoms with E-state index in [0.29, 0.717) is 60.5 Å². The molecule has 5 heterocycles. The van der Waals surface area contributed by atoms with Crippen molar-refractivity contribution in [3.63, 3.8) is 0 Å². The zero-order valence-electron chi connectivity index (χ0n) is 32.5. The monoisotopic (exact) mass is 846 g/mol. The molecular formula is C42H45Cl2FN8O6. The Morgan fingerprint density at radius 1 is 1.02 bits per heavy atom. The highest BCUT2D eigenvalue weighted by Crippen LogP contribution is 2.38. The summed E-state index contributed by atoms with van der Waals surface area (Å²) in [4.78, 5) is 70.6. The van der Waals surface area contributed by atoms with Gasteiger partial charge in [-0.3, -0.25) is 34.0 Å². The lowest BCUT2D eigenvalue weighted by atomic mass is 10.0. The predicted octanol–water partition coefficient (Wildman–Crippen LogP) is 7.02. The second-order valence-electron chi connectivity index (χ2n) is 15.1. The van der Waals surface area contributed by atoms with Gasteiger partial charge in [-0.05, 0) is 69.4 Å². The fourth-order valence-corrected chi connectivity index (χ4v) is 8.61. The van der Waals surface area contributed by atoms with E-state index in [0.717, 1.165) is 43.2 Å². The number of anilines is 2. The van der Waals surface area contributed by atoms with Gasteiger partial charge in [-0.15, -0.1) is 0 Å². The van der Waals surface area contributed by atoms with Crippen LogP contribution >= 0.6 is 23.2 Å². The summed E-state index contributed by atoms with van der Waals surface area (Å²) in [5.41, 5.74) is 9.63. The number of nitrogens with one attached hydrogen (secondary N) is 2. The van der Waals surface area contributed by atoms with Crippen LogP contribution < -0.4 is 21.1 Å². The van der Waals surface area contributed by atoms with E-state index in [4.69, 9.17) is 33.7 Å². The number of imide groups is 1. The van der Waals surface area contributed by atoms with Crippen LogP contribution in [0.3, 0.4) is 0 Å². The summed E-state index contributed by atoms with van der Waals surface area (Å²) in [5.74, 6) is -1.31. The Labute approximate surface area is 350 Å². The molecule has 2 saturated heterocycles. The molecule has 0 radical (unpaired) electrons. The molecular weight excluding hydrogens is 802 g/mol. The Bertz CT molecular complexity index is 2280. The van der Waals surface area contributed by atoms with Crippen molar-refractivity contribution in [2.45, 2.75) is 95.9 Å². The van der Waals surface area contributed by atoms with Gasteiger partial charge in [0.05, 0.1) is 17.3 Å². The van der Waals surface area contributed by atoms with Gasteiger partial charge in [0.25, 0.3) is 5.91 Å². The van der Waals surface area contributed by atoms with Crippen LogP contribution in [0.4, 0.5) is 15.9 Å². The number of piperidine rings is 2. The standard InChI is InChI=1S/C42H45Cl2FN8O6/c1-24(38-30(43)11-12-31(45)39(38)44)59-34-19-25(20-47-40(34)46)26-21-48-53(22-26)27-15-17-51(18-16-27)37(56)10-5-3-2-4-9-35(54)49-32-8-6-7-28-29(32)23-52(42(28)58)33-13-14-36(55)50-41(33)57/h6-8,11-12,19-22,24,27,33H,2-5,9-10,13-18,23H2,1H3,(H2,46,47)(H,49,54)(H,50,55,57)/t24-,33?/m1/s1. The van der Waals surface area contributed by atoms with Crippen LogP contribution in [0.5, 0.6) is 5.75 Å². The van der Waals surface area contributed by atoms with Crippen LogP contribution in [-0.2, 0) is 25.7 Å². The molecule has 2 aromatic carbocycles. The molecule has 7 rings (SSSR count). The molecule has 17 heteroatoms. The zero-order valence-corrected chi connectivity index (χ0v) is 34.0. The van der Waals surface area contributed by atoms with Crippen LogP contribution in [0, 0.1) is 5.82 Å². The zero-order chi connectivity index (χ0) is 41.8. The van der Waals surface area contributed by atoms with Crippen molar-refractivity contribution in [1.82, 2.24) is 29.9 Å². The molecule has 5 amide bonds. The van der Waals surface area contributed by atoms with Crippen molar-refractivity contribution in [3.8, 4) is 16.9 Å². The Morgan fingerprint density at radius 3 is 2.54 bits per heavy atom. The second-order valence-corrected chi connectivity index (χ2v) is 15.9. The van der Waals surface area contributed by atoms with Gasteiger partial charge in [0, 0.05) is 89.8 Å². The molecule has 2 aromatic heterocycles. The molecule has 3 aliphatic heterocycles. The van der Waals surface area contributed by atoms with Crippen molar-refractivity contribution in [1.29, 1.82) is 0 Å². The molecule has 14 nitrogen and oxygen atoms in total. The van der Waals surface area contributed by atoms with Crippen LogP contribution in [0.25, 0.3) is 11.1 Å². The summed E-state index contributed by atoms with van der Waals surface area (Å²) in [6, 6.07) is 8.90. The minimum absolute atomic E-state index is 0.115. The third kappa shape index (κ3) is 9.36. The molecule has 0 aliphatic carbocycles. The Hall–Kier alpha value is -5.54. The molecule has 0 bridgehead atoms. The summed E-state index contributed by atoms with van der Waals surface area (Å²) in [5, 5.41) is 10.00. The number of benzene rings is 2. The highest BCUT2D eigenvalue weighted by atomic mass is 35.5. The average Bonchev–Trinajstić information content (AvgIpc) is 3.84. The number of nitrogens with two attached hydrogens (primary N) is 1. The number of carbonyl (C=O) groups excluding carboxylic acids is 5. The summed E-state index contributed by atoms with van der Waals surface area (Å²) >= 11 is 12.5. The number of hydrogen-bond donors (Lipinski definition) is 3. The van der Waals surface area contributed by atoms with Crippen molar-refractivity contribution in [2.24, 2.45) is 0 Å². The normalized spacial score (nSPS) is 17.5. The maximum absolute atomic E-state index is 14.1. The summed E-state index contributed by atoms with van der Waals surface area (Å²) in [7, 11) is 0. The van der Waals surface area contributed by atoms with Crippen molar-refractivity contribution >= 4 is 64.2 Å². The molecule has 0 saturated carbocycles. The molecule has 1 unspecified atom stereocenters. The number of amides is 5. The maximum atomic E-state index is 14.1. The van der Waals surface area contributed by atoms with Gasteiger partial charge in [-0.1, -0.05) is 42.1 Å². The Kier molecular flexibility index (Phi) is 12.8. The van der Waals surface area contributed by atoms with Gasteiger partial charge >= 0.3 is 0 Å². The number of pyridine rings is 1. The number of aromatic nitrogens is 3. The number of nitrogens with zero attached hydrogens (tertiary/aromatic N) is 5. The van der Waals surface area contributed by atoms with Crippen LogP contribution in [-0.4, -0.2) is 73.2 Å². The lowest BCUT2D eigenvalue weighted by Crippen LogP contribution is -2.52. The average molecular weight is 848 g/mol. The number of fused-ring (bicyclic) bond motifs is 1. The number of halogens is 3. The van der Waals surface area contributed by atoms with Crippen molar-refractivity contribution < 1.29 is 33.1 Å². The summed E-state index contributed by atoms with van der Waals surface area (Å²) < 4.78 is 22.1. The first-order chi connectivity index (χ1) is 28.4. The molecule has 0 spiro atoms. The van der Waals surface area contributed by atoms with E-state index < -0.39 is 23.9 Å². The Morgan fingerprint density at radius 2 is 1.78 bits per heavy atom. The van der Waals surface area contributed by atoms with E-state index in [1.54, 1.807) is 43.6 Å². The summed E-state index contributed by atoms with van der Waals surface area (Å²) in [6.45, 7) is 3.14. The van der Waals surface area contributed by atoms with E-state index >= 15 is 0 Å². The van der Waals surface area contributed by atoms with Crippen LogP contribution in [0.2, 0.25) is 10.0 Å². The third-order valence-electron chi connectivity index (χ3n) is 11.2. The number of unbranched alkanes of at least 4 members (excludes halogenated alkanes) is 3. The number of likely N-dealkylation sites (tertiary alicyclic amines) is 1. The smallest absolute Gasteiger partial charge is 0.255 e. The van der Waals surface area contributed by atoms with Crippen LogP contribution in [0.1, 0.15) is 105 Å². The van der Waals surface area contributed by atoms with E-state index in [2.05, 4.69) is 20.7 Å². The fraction of sp³-hybridized carbons (Fsp3) is 0.405. The lowest BCUT2D eigenvalue weighted by Gasteiger charge is -2.32. The molecule has 4 N–H and O–H groups in total. The first-order valence-electron chi connectivity index (χ1n) is 19.8. The number of hydrogen-bond acceptors (Lipinski definition) is 9. The lowest BCUT2D eigenvalue weighted by molar-refractivity contribution is -0.137. The molecule has 4 aromatic rings. The second kappa shape index (κ2) is 18.2. The van der Waals surface area contributed by atoms with Gasteiger partial charge in [-0.25, -0.2) is 9.37 Å². The molecule has 59 heavy (non-hydrogen) atoms. The minimum atomic E-state index is -0.725. The number of rotatable bonds is 14. The van der Waals surface area contributed by atoms with E-state index in [1.165, 1.54) is 17.0 Å². The molecule has 2 fully saturated rings. The van der Waals surface area contributed by atoms with Gasteiger partial charge in [0.15, 0.2) is 11.6 Å².